The van der Waals surface area contributed by atoms with Gasteiger partial charge < -0.3 is 14.2 Å². The van der Waals surface area contributed by atoms with Crippen LogP contribution in [0, 0.1) is 0 Å². The zero-order valence-corrected chi connectivity index (χ0v) is 23.2. The van der Waals surface area contributed by atoms with E-state index in [0.717, 1.165) is 10.5 Å². The van der Waals surface area contributed by atoms with Crippen LogP contribution in [0.1, 0.15) is 11.1 Å². The Hall–Kier alpha value is -2.82. The van der Waals surface area contributed by atoms with E-state index in [-0.39, 0.29) is 44.8 Å². The number of anilines is 1. The summed E-state index contributed by atoms with van der Waals surface area (Å²) in [6.45, 7) is 0.410. The van der Waals surface area contributed by atoms with E-state index in [0.29, 0.717) is 27.3 Å². The summed E-state index contributed by atoms with van der Waals surface area (Å²) in [4.78, 5) is 27.1. The maximum absolute atomic E-state index is 13.3. The Kier molecular flexibility index (Phi) is 7.33. The van der Waals surface area contributed by atoms with Gasteiger partial charge in [-0.25, -0.2) is 0 Å². The number of carbonyl (C=O) groups is 2. The maximum Gasteiger partial charge on any atom is 0.270 e. The van der Waals surface area contributed by atoms with E-state index in [4.69, 9.17) is 61.2 Å². The number of halogens is 4. The van der Waals surface area contributed by atoms with Crippen LogP contribution < -0.4 is 24.4 Å². The van der Waals surface area contributed by atoms with E-state index >= 15 is 0 Å². The number of benzene rings is 3. The lowest BCUT2D eigenvalue weighted by molar-refractivity contribution is -0.122. The monoisotopic (exact) mass is 638 g/mol. The second-order valence-corrected chi connectivity index (χ2v) is 10.3. The van der Waals surface area contributed by atoms with Crippen molar-refractivity contribution in [1.82, 2.24) is 5.32 Å². The molecule has 0 atom stereocenters. The van der Waals surface area contributed by atoms with Crippen molar-refractivity contribution in [2.24, 2.45) is 0 Å². The first-order valence-corrected chi connectivity index (χ1v) is 12.9. The van der Waals surface area contributed by atoms with Gasteiger partial charge in [-0.2, -0.15) is 0 Å². The van der Waals surface area contributed by atoms with Crippen LogP contribution in [0.15, 0.2) is 58.6 Å². The quantitative estimate of drug-likeness (QED) is 0.194. The number of nitrogens with zero attached hydrogens (tertiary/aromatic N) is 1. The highest BCUT2D eigenvalue weighted by molar-refractivity contribution is 9.10. The minimum absolute atomic E-state index is 0.109. The number of carbonyl (C=O) groups excluding carboxylic acids is 2. The highest BCUT2D eigenvalue weighted by Crippen LogP contribution is 2.38. The summed E-state index contributed by atoms with van der Waals surface area (Å²) < 4.78 is 17.2. The minimum Gasteiger partial charge on any atom is -0.486 e. The molecule has 37 heavy (non-hydrogen) atoms. The van der Waals surface area contributed by atoms with Gasteiger partial charge in [0, 0.05) is 0 Å². The second-order valence-electron chi connectivity index (χ2n) is 7.82. The van der Waals surface area contributed by atoms with Gasteiger partial charge in [-0.15, -0.1) is 0 Å². The van der Waals surface area contributed by atoms with Gasteiger partial charge in [0.2, 0.25) is 6.79 Å². The van der Waals surface area contributed by atoms with Gasteiger partial charge in [0.05, 0.1) is 25.2 Å². The number of ether oxygens (including phenoxy) is 3. The molecule has 0 aliphatic carbocycles. The van der Waals surface area contributed by atoms with Crippen molar-refractivity contribution >= 4 is 91.6 Å². The molecule has 188 valence electrons. The van der Waals surface area contributed by atoms with Crippen LogP contribution in [-0.2, 0) is 16.2 Å². The smallest absolute Gasteiger partial charge is 0.270 e. The zero-order valence-electron chi connectivity index (χ0n) is 18.5. The first-order valence-electron chi connectivity index (χ1n) is 10.6. The Morgan fingerprint density at radius 3 is 2.62 bits per heavy atom. The summed E-state index contributed by atoms with van der Waals surface area (Å²) in [6.07, 6.45) is 1.41. The third-order valence-corrected chi connectivity index (χ3v) is 7.39. The molecular weight excluding hydrogens is 627 g/mol. The summed E-state index contributed by atoms with van der Waals surface area (Å²) in [6, 6.07) is 13.5. The first kappa shape index (κ1) is 25.8. The molecule has 3 aromatic rings. The predicted octanol–water partition coefficient (Wildman–Crippen LogP) is 6.55. The SMILES string of the molecule is O=C1NC(=S)N(c2cccc(Cl)c2Cl)C(=O)/C1=C/c1cc(Cl)c(OCc2ccc3c(c2)OCO3)c(Br)c1. The largest absolute Gasteiger partial charge is 0.486 e. The molecule has 2 aliphatic heterocycles. The average molecular weight is 641 g/mol. The van der Waals surface area contributed by atoms with Crippen molar-refractivity contribution < 1.29 is 23.8 Å². The van der Waals surface area contributed by atoms with Gasteiger partial charge in [-0.05, 0) is 81.7 Å². The van der Waals surface area contributed by atoms with Crippen LogP contribution in [0.4, 0.5) is 5.69 Å². The lowest BCUT2D eigenvalue weighted by Gasteiger charge is -2.29. The van der Waals surface area contributed by atoms with Gasteiger partial charge in [0.1, 0.15) is 12.2 Å². The van der Waals surface area contributed by atoms with Crippen molar-refractivity contribution in [3.63, 3.8) is 0 Å². The van der Waals surface area contributed by atoms with Crippen molar-refractivity contribution in [3.05, 3.63) is 84.8 Å². The lowest BCUT2D eigenvalue weighted by Crippen LogP contribution is -2.54. The van der Waals surface area contributed by atoms with Crippen LogP contribution >= 0.6 is 63.0 Å². The summed E-state index contributed by atoms with van der Waals surface area (Å²) in [5, 5.41) is 3.05. The van der Waals surface area contributed by atoms with Gasteiger partial charge >= 0.3 is 0 Å². The Bertz CT molecular complexity index is 1490. The summed E-state index contributed by atoms with van der Waals surface area (Å²) >= 11 is 27.6. The van der Waals surface area contributed by atoms with Crippen molar-refractivity contribution in [1.29, 1.82) is 0 Å². The van der Waals surface area contributed by atoms with E-state index in [2.05, 4.69) is 21.2 Å². The molecule has 5 rings (SSSR count). The maximum atomic E-state index is 13.3. The highest BCUT2D eigenvalue weighted by atomic mass is 79.9. The minimum atomic E-state index is -0.659. The van der Waals surface area contributed by atoms with Gasteiger partial charge in [-0.3, -0.25) is 19.8 Å². The second kappa shape index (κ2) is 10.5. The van der Waals surface area contributed by atoms with E-state index in [1.165, 1.54) is 6.08 Å². The summed E-state index contributed by atoms with van der Waals surface area (Å²) in [7, 11) is 0. The normalized spacial score (nSPS) is 15.8. The van der Waals surface area contributed by atoms with Crippen LogP contribution in [0.25, 0.3) is 6.08 Å². The molecule has 7 nitrogen and oxygen atoms in total. The lowest BCUT2D eigenvalue weighted by atomic mass is 10.1. The topological polar surface area (TPSA) is 77.1 Å². The van der Waals surface area contributed by atoms with Crippen molar-refractivity contribution in [2.75, 3.05) is 11.7 Å². The number of fused-ring (bicyclic) bond motifs is 1. The van der Waals surface area contributed by atoms with Crippen molar-refractivity contribution in [2.45, 2.75) is 6.61 Å². The first-order chi connectivity index (χ1) is 17.7. The zero-order chi connectivity index (χ0) is 26.3. The molecular formula is C25H14BrCl3N2O5S. The Morgan fingerprint density at radius 1 is 1.05 bits per heavy atom. The molecule has 0 spiro atoms. The fourth-order valence-electron chi connectivity index (χ4n) is 3.69. The summed E-state index contributed by atoms with van der Waals surface area (Å²) in [5.41, 5.74) is 1.43. The van der Waals surface area contributed by atoms with Crippen LogP contribution in [0.3, 0.4) is 0 Å². The van der Waals surface area contributed by atoms with Crippen LogP contribution in [0.2, 0.25) is 15.1 Å². The molecule has 1 fully saturated rings. The van der Waals surface area contributed by atoms with Gasteiger partial charge in [0.15, 0.2) is 22.4 Å². The van der Waals surface area contributed by atoms with E-state index in [1.54, 1.807) is 30.3 Å². The molecule has 0 unspecified atom stereocenters. The predicted molar refractivity (Wildman–Crippen MR) is 149 cm³/mol. The van der Waals surface area contributed by atoms with Crippen LogP contribution in [0.5, 0.6) is 17.2 Å². The highest BCUT2D eigenvalue weighted by Gasteiger charge is 2.35. The molecule has 1 N–H and O–H groups in total. The Morgan fingerprint density at radius 2 is 1.84 bits per heavy atom. The number of hydrogen-bond donors (Lipinski definition) is 1. The number of rotatable bonds is 5. The molecule has 3 aromatic carbocycles. The average Bonchev–Trinajstić information content (AvgIpc) is 3.32. The van der Waals surface area contributed by atoms with Gasteiger partial charge in [0.25, 0.3) is 11.8 Å². The molecule has 2 heterocycles. The molecule has 12 heteroatoms. The molecule has 0 radical (unpaired) electrons. The van der Waals surface area contributed by atoms with Crippen molar-refractivity contribution in [3.8, 4) is 17.2 Å². The fraction of sp³-hybridized carbons (Fsp3) is 0.0800. The number of hydrogen-bond acceptors (Lipinski definition) is 6. The molecule has 2 amide bonds. The summed E-state index contributed by atoms with van der Waals surface area (Å²) in [5.74, 6) is 0.414. The molecule has 2 aliphatic rings. The van der Waals surface area contributed by atoms with Crippen LogP contribution in [-0.4, -0.2) is 23.7 Å². The van der Waals surface area contributed by atoms with E-state index < -0.39 is 11.8 Å². The number of thiocarbonyl (C=S) groups is 1. The Labute approximate surface area is 240 Å². The van der Waals surface area contributed by atoms with Gasteiger partial charge in [-0.1, -0.05) is 46.9 Å². The third kappa shape index (κ3) is 5.15. The molecule has 0 bridgehead atoms. The van der Waals surface area contributed by atoms with E-state index in [1.807, 2.05) is 18.2 Å². The van der Waals surface area contributed by atoms with E-state index in [9.17, 15) is 9.59 Å². The number of nitrogens with one attached hydrogen (secondary N) is 1. The fourth-order valence-corrected chi connectivity index (χ4v) is 5.34. The number of amides is 2. The Balaban J connectivity index is 1.40. The molecule has 0 saturated carbocycles. The molecule has 1 saturated heterocycles. The standard InChI is InChI=1S/C25H14BrCl3N2O5S/c26-15-7-13(8-17(28)22(15)34-10-12-4-5-19-20(9-12)36-11-35-19)6-14-23(32)30-25(37)31(24(14)33)18-3-1-2-16(27)21(18)29/h1-9H,10-11H2,(H,30,32,37)/b14-6+. The third-order valence-electron chi connectivity index (χ3n) is 5.43. The molecule has 0 aromatic heterocycles.